The Hall–Kier alpha value is -4.62. The number of aromatic nitrogens is 2. The SMILES string of the molecule is CCOC(=O)N1CCN(C(=O)[C@H](CCC(=O)O)NC(=O)c2nn(-c3ccccc3)c(C(=O)NC)c2OC)CC1. The first-order chi connectivity index (χ1) is 18.7. The third-order valence-corrected chi connectivity index (χ3v) is 6.07. The summed E-state index contributed by atoms with van der Waals surface area (Å²) in [4.78, 5) is 65.6. The molecule has 0 radical (unpaired) electrons. The summed E-state index contributed by atoms with van der Waals surface area (Å²) in [6.45, 7) is 2.76. The number of nitrogens with zero attached hydrogens (tertiary/aromatic N) is 4. The Morgan fingerprint density at radius 3 is 2.23 bits per heavy atom. The molecule has 1 saturated heterocycles. The van der Waals surface area contributed by atoms with Gasteiger partial charge in [-0.25, -0.2) is 9.48 Å². The number of carboxylic acid groups (broad SMARTS) is 1. The molecule has 1 aliphatic rings. The van der Waals surface area contributed by atoms with E-state index in [1.165, 1.54) is 28.6 Å². The van der Waals surface area contributed by atoms with Crippen LogP contribution in [0, 0.1) is 0 Å². The van der Waals surface area contributed by atoms with Gasteiger partial charge in [0.15, 0.2) is 17.1 Å². The van der Waals surface area contributed by atoms with Crippen LogP contribution in [0.4, 0.5) is 4.79 Å². The molecule has 0 saturated carbocycles. The summed E-state index contributed by atoms with van der Waals surface area (Å²) in [6.07, 6.45) is -1.03. The molecule has 0 bridgehead atoms. The van der Waals surface area contributed by atoms with Crippen LogP contribution >= 0.6 is 0 Å². The molecule has 4 amide bonds. The Bertz CT molecular complexity index is 1210. The zero-order valence-electron chi connectivity index (χ0n) is 22.0. The van der Waals surface area contributed by atoms with E-state index in [9.17, 15) is 29.1 Å². The van der Waals surface area contributed by atoms with Crippen LogP contribution in [0.2, 0.25) is 0 Å². The molecule has 2 heterocycles. The zero-order valence-corrected chi connectivity index (χ0v) is 22.0. The van der Waals surface area contributed by atoms with Gasteiger partial charge in [0.2, 0.25) is 5.91 Å². The highest BCUT2D eigenvalue weighted by Crippen LogP contribution is 2.27. The summed E-state index contributed by atoms with van der Waals surface area (Å²) in [5.74, 6) is -3.12. The van der Waals surface area contributed by atoms with Gasteiger partial charge in [-0.3, -0.25) is 19.2 Å². The molecule has 1 aromatic heterocycles. The Morgan fingerprint density at radius 1 is 1.03 bits per heavy atom. The lowest BCUT2D eigenvalue weighted by Crippen LogP contribution is -2.56. The van der Waals surface area contributed by atoms with Crippen LogP contribution in [0.15, 0.2) is 30.3 Å². The molecule has 3 N–H and O–H groups in total. The molecule has 14 nitrogen and oxygen atoms in total. The van der Waals surface area contributed by atoms with Crippen molar-refractivity contribution in [1.82, 2.24) is 30.2 Å². The standard InChI is InChI=1S/C25H32N6O8/c1-4-39-25(37)30-14-12-29(13-15-30)24(36)17(10-11-18(32)33)27-22(34)19-21(38-3)20(23(35)26-2)31(28-19)16-8-6-5-7-9-16/h5-9,17H,4,10-15H2,1-3H3,(H,26,35)(H,27,34)(H,32,33)/t17-/m0/s1. The molecule has 14 heteroatoms. The second kappa shape index (κ2) is 13.3. The second-order valence-electron chi connectivity index (χ2n) is 8.53. The molecule has 3 rings (SSSR count). The van der Waals surface area contributed by atoms with E-state index in [-0.39, 0.29) is 62.8 Å². The van der Waals surface area contributed by atoms with E-state index in [0.29, 0.717) is 5.69 Å². The minimum absolute atomic E-state index is 0.0279. The van der Waals surface area contributed by atoms with Crippen LogP contribution in [0.25, 0.3) is 5.69 Å². The van der Waals surface area contributed by atoms with E-state index in [1.54, 1.807) is 37.3 Å². The molecule has 1 aliphatic heterocycles. The largest absolute Gasteiger partial charge is 0.492 e. The number of amides is 4. The number of aliphatic carboxylic acids is 1. The molecular weight excluding hydrogens is 512 g/mol. The van der Waals surface area contributed by atoms with E-state index in [0.717, 1.165) is 0 Å². The van der Waals surface area contributed by atoms with Gasteiger partial charge >= 0.3 is 12.1 Å². The summed E-state index contributed by atoms with van der Waals surface area (Å²) >= 11 is 0. The first-order valence-corrected chi connectivity index (χ1v) is 12.4. The molecule has 2 aromatic rings. The molecular formula is C25H32N6O8. The van der Waals surface area contributed by atoms with E-state index < -0.39 is 35.8 Å². The van der Waals surface area contributed by atoms with Crippen LogP contribution in [0.3, 0.4) is 0 Å². The number of carboxylic acids is 1. The molecule has 0 unspecified atom stereocenters. The van der Waals surface area contributed by atoms with Crippen LogP contribution in [-0.2, 0) is 14.3 Å². The van der Waals surface area contributed by atoms with Crippen LogP contribution in [-0.4, -0.2) is 107 Å². The Labute approximate surface area is 224 Å². The second-order valence-corrected chi connectivity index (χ2v) is 8.53. The van der Waals surface area contributed by atoms with Gasteiger partial charge < -0.3 is 35.0 Å². The number of carbonyl (C=O) groups is 5. The quantitative estimate of drug-likeness (QED) is 0.385. The predicted molar refractivity (Wildman–Crippen MR) is 137 cm³/mol. The van der Waals surface area contributed by atoms with Crippen molar-refractivity contribution in [2.45, 2.75) is 25.8 Å². The number of ether oxygens (including phenoxy) is 2. The molecule has 0 spiro atoms. The van der Waals surface area contributed by atoms with Crippen molar-refractivity contribution < 1.29 is 38.6 Å². The highest BCUT2D eigenvalue weighted by molar-refractivity contribution is 6.03. The number of hydrogen-bond acceptors (Lipinski definition) is 8. The van der Waals surface area contributed by atoms with E-state index >= 15 is 0 Å². The van der Waals surface area contributed by atoms with Crippen molar-refractivity contribution in [3.8, 4) is 11.4 Å². The number of methoxy groups -OCH3 is 1. The first kappa shape index (κ1) is 28.9. The number of rotatable bonds is 10. The smallest absolute Gasteiger partial charge is 0.409 e. The number of carbonyl (C=O) groups excluding carboxylic acids is 4. The number of para-hydroxylation sites is 1. The van der Waals surface area contributed by atoms with Gasteiger partial charge in [-0.05, 0) is 25.5 Å². The maximum Gasteiger partial charge on any atom is 0.409 e. The van der Waals surface area contributed by atoms with E-state index in [1.807, 2.05) is 0 Å². The Kier molecular flexibility index (Phi) is 9.84. The van der Waals surface area contributed by atoms with Crippen molar-refractivity contribution in [3.05, 3.63) is 41.7 Å². The summed E-state index contributed by atoms with van der Waals surface area (Å²) in [6, 6.07) is 7.43. The summed E-state index contributed by atoms with van der Waals surface area (Å²) in [5, 5.41) is 18.6. The van der Waals surface area contributed by atoms with Gasteiger partial charge in [0.25, 0.3) is 11.8 Å². The van der Waals surface area contributed by atoms with Crippen molar-refractivity contribution in [2.24, 2.45) is 0 Å². The average molecular weight is 545 g/mol. The lowest BCUT2D eigenvalue weighted by molar-refractivity contribution is -0.138. The van der Waals surface area contributed by atoms with E-state index in [2.05, 4.69) is 15.7 Å². The van der Waals surface area contributed by atoms with Crippen LogP contribution < -0.4 is 15.4 Å². The summed E-state index contributed by atoms with van der Waals surface area (Å²) in [7, 11) is 2.71. The van der Waals surface area contributed by atoms with Crippen molar-refractivity contribution in [3.63, 3.8) is 0 Å². The van der Waals surface area contributed by atoms with Crippen LogP contribution in [0.1, 0.15) is 40.7 Å². The van der Waals surface area contributed by atoms with E-state index in [4.69, 9.17) is 9.47 Å². The third kappa shape index (κ3) is 6.83. The Morgan fingerprint density at radius 2 is 1.67 bits per heavy atom. The van der Waals surface area contributed by atoms with Crippen molar-refractivity contribution >= 4 is 29.8 Å². The molecule has 1 fully saturated rings. The van der Waals surface area contributed by atoms with Gasteiger partial charge in [0, 0.05) is 39.6 Å². The highest BCUT2D eigenvalue weighted by atomic mass is 16.6. The summed E-state index contributed by atoms with van der Waals surface area (Å²) in [5.41, 5.74) is 0.214. The molecule has 210 valence electrons. The number of benzene rings is 1. The van der Waals surface area contributed by atoms with Gasteiger partial charge in [0.05, 0.1) is 19.4 Å². The Balaban J connectivity index is 1.87. The lowest BCUT2D eigenvalue weighted by Gasteiger charge is -2.35. The van der Waals surface area contributed by atoms with Crippen LogP contribution in [0.5, 0.6) is 5.75 Å². The van der Waals surface area contributed by atoms with Crippen molar-refractivity contribution in [1.29, 1.82) is 0 Å². The maximum atomic E-state index is 13.4. The predicted octanol–water partition coefficient (Wildman–Crippen LogP) is 0.504. The number of hydrogen-bond donors (Lipinski definition) is 3. The first-order valence-electron chi connectivity index (χ1n) is 12.4. The average Bonchev–Trinajstić information content (AvgIpc) is 3.35. The zero-order chi connectivity index (χ0) is 28.5. The number of piperazine rings is 1. The fourth-order valence-electron chi connectivity index (χ4n) is 4.12. The fourth-order valence-corrected chi connectivity index (χ4v) is 4.12. The molecule has 0 aliphatic carbocycles. The minimum Gasteiger partial charge on any atom is -0.492 e. The number of nitrogens with one attached hydrogen (secondary N) is 2. The summed E-state index contributed by atoms with van der Waals surface area (Å²) < 4.78 is 11.6. The topological polar surface area (TPSA) is 172 Å². The monoisotopic (exact) mass is 544 g/mol. The normalized spacial score (nSPS) is 13.8. The van der Waals surface area contributed by atoms with Gasteiger partial charge in [-0.1, -0.05) is 18.2 Å². The molecule has 39 heavy (non-hydrogen) atoms. The minimum atomic E-state index is -1.20. The van der Waals surface area contributed by atoms with Gasteiger partial charge in [0.1, 0.15) is 6.04 Å². The molecule has 1 aromatic carbocycles. The van der Waals surface area contributed by atoms with Gasteiger partial charge in [-0.15, -0.1) is 0 Å². The maximum absolute atomic E-state index is 13.4. The highest BCUT2D eigenvalue weighted by Gasteiger charge is 2.34. The lowest BCUT2D eigenvalue weighted by atomic mass is 10.1. The van der Waals surface area contributed by atoms with Crippen molar-refractivity contribution in [2.75, 3.05) is 46.9 Å². The molecule has 1 atom stereocenters. The fraction of sp³-hybridized carbons (Fsp3) is 0.440. The third-order valence-electron chi connectivity index (χ3n) is 6.07. The van der Waals surface area contributed by atoms with Gasteiger partial charge in [-0.2, -0.15) is 5.10 Å².